The molecule has 0 bridgehead atoms. The zero-order valence-corrected chi connectivity index (χ0v) is 11.9. The van der Waals surface area contributed by atoms with E-state index in [9.17, 15) is 9.59 Å². The third-order valence-corrected chi connectivity index (χ3v) is 3.69. The zero-order valence-electron chi connectivity index (χ0n) is 11.9. The summed E-state index contributed by atoms with van der Waals surface area (Å²) in [5, 5.41) is 8.68. The number of hydrogen-bond donors (Lipinski definition) is 2. The van der Waals surface area contributed by atoms with Crippen LogP contribution in [-0.2, 0) is 9.59 Å². The standard InChI is InChI=1S/C16H20N2O3/c17-14-3-1-2-12(10-14)4-6-15(19)18-9-8-13(11-18)5-7-16(20)21/h1-4,6,10,13H,5,7-9,11,17H2,(H,20,21)/b6-4+. The van der Waals surface area contributed by atoms with Gasteiger partial charge in [-0.15, -0.1) is 0 Å². The van der Waals surface area contributed by atoms with Gasteiger partial charge in [0.15, 0.2) is 0 Å². The molecule has 1 saturated heterocycles. The number of carboxylic acids is 1. The van der Waals surface area contributed by atoms with E-state index in [1.807, 2.05) is 18.2 Å². The van der Waals surface area contributed by atoms with Crippen molar-refractivity contribution in [2.75, 3.05) is 18.8 Å². The Kier molecular flexibility index (Phi) is 4.98. The molecule has 1 aliphatic heterocycles. The molecule has 1 aliphatic rings. The van der Waals surface area contributed by atoms with Gasteiger partial charge in [0.2, 0.25) is 5.91 Å². The Morgan fingerprint density at radius 3 is 2.95 bits per heavy atom. The van der Waals surface area contributed by atoms with E-state index < -0.39 is 5.97 Å². The van der Waals surface area contributed by atoms with Crippen LogP contribution in [0.15, 0.2) is 30.3 Å². The molecule has 5 heteroatoms. The van der Waals surface area contributed by atoms with E-state index in [1.54, 1.807) is 23.1 Å². The van der Waals surface area contributed by atoms with Crippen LogP contribution < -0.4 is 5.73 Å². The summed E-state index contributed by atoms with van der Waals surface area (Å²) in [6.07, 6.45) is 4.99. The number of nitrogens with two attached hydrogens (primary N) is 1. The van der Waals surface area contributed by atoms with Crippen molar-refractivity contribution in [2.24, 2.45) is 5.92 Å². The molecule has 0 aromatic heterocycles. The van der Waals surface area contributed by atoms with Crippen LogP contribution in [0.4, 0.5) is 5.69 Å². The van der Waals surface area contributed by atoms with Gasteiger partial charge in [-0.1, -0.05) is 12.1 Å². The third-order valence-electron chi connectivity index (χ3n) is 3.69. The second kappa shape index (κ2) is 6.92. The lowest BCUT2D eigenvalue weighted by molar-refractivity contribution is -0.137. The van der Waals surface area contributed by atoms with Crippen molar-refractivity contribution in [3.05, 3.63) is 35.9 Å². The van der Waals surface area contributed by atoms with E-state index in [4.69, 9.17) is 10.8 Å². The highest BCUT2D eigenvalue weighted by Crippen LogP contribution is 2.21. The highest BCUT2D eigenvalue weighted by Gasteiger charge is 2.25. The number of carbonyl (C=O) groups is 2. The Morgan fingerprint density at radius 1 is 1.43 bits per heavy atom. The number of amides is 1. The monoisotopic (exact) mass is 288 g/mol. The van der Waals surface area contributed by atoms with Crippen molar-refractivity contribution in [2.45, 2.75) is 19.3 Å². The first-order valence-corrected chi connectivity index (χ1v) is 7.09. The highest BCUT2D eigenvalue weighted by atomic mass is 16.4. The molecule has 0 aliphatic carbocycles. The molecule has 1 aromatic carbocycles. The van der Waals surface area contributed by atoms with Gasteiger partial charge in [0.25, 0.3) is 0 Å². The van der Waals surface area contributed by atoms with Gasteiger partial charge < -0.3 is 15.7 Å². The first kappa shape index (κ1) is 15.1. The summed E-state index contributed by atoms with van der Waals surface area (Å²) in [5.74, 6) is -0.512. The number of carboxylic acid groups (broad SMARTS) is 1. The number of rotatable bonds is 5. The summed E-state index contributed by atoms with van der Waals surface area (Å²) >= 11 is 0. The maximum absolute atomic E-state index is 12.1. The van der Waals surface area contributed by atoms with Crippen molar-refractivity contribution in [1.29, 1.82) is 0 Å². The normalized spacial score (nSPS) is 18.3. The van der Waals surface area contributed by atoms with Crippen molar-refractivity contribution < 1.29 is 14.7 Å². The molecule has 1 unspecified atom stereocenters. The molecule has 5 nitrogen and oxygen atoms in total. The second-order valence-corrected chi connectivity index (χ2v) is 5.37. The number of anilines is 1. The number of nitrogen functional groups attached to an aromatic ring is 1. The summed E-state index contributed by atoms with van der Waals surface area (Å²) < 4.78 is 0. The third kappa shape index (κ3) is 4.63. The highest BCUT2D eigenvalue weighted by molar-refractivity contribution is 5.92. The minimum absolute atomic E-state index is 0.0322. The fraction of sp³-hybridized carbons (Fsp3) is 0.375. The number of hydrogen-bond acceptors (Lipinski definition) is 3. The fourth-order valence-corrected chi connectivity index (χ4v) is 2.53. The first-order valence-electron chi connectivity index (χ1n) is 7.09. The SMILES string of the molecule is Nc1cccc(/C=C/C(=O)N2CCC(CCC(=O)O)C2)c1. The summed E-state index contributed by atoms with van der Waals surface area (Å²) in [6, 6.07) is 7.34. The topological polar surface area (TPSA) is 83.6 Å². The van der Waals surface area contributed by atoms with Crippen molar-refractivity contribution in [1.82, 2.24) is 4.90 Å². The van der Waals surface area contributed by atoms with E-state index in [1.165, 1.54) is 0 Å². The van der Waals surface area contributed by atoms with Gasteiger partial charge in [-0.05, 0) is 42.5 Å². The summed E-state index contributed by atoms with van der Waals surface area (Å²) in [6.45, 7) is 1.35. The summed E-state index contributed by atoms with van der Waals surface area (Å²) in [7, 11) is 0. The van der Waals surface area contributed by atoms with Gasteiger partial charge in [0, 0.05) is 31.3 Å². The molecule has 2 rings (SSSR count). The molecule has 112 valence electrons. The van der Waals surface area contributed by atoms with E-state index in [2.05, 4.69) is 0 Å². The lowest BCUT2D eigenvalue weighted by atomic mass is 10.0. The number of nitrogens with zero attached hydrogens (tertiary/aromatic N) is 1. The smallest absolute Gasteiger partial charge is 0.303 e. The largest absolute Gasteiger partial charge is 0.481 e. The molecular formula is C16H20N2O3. The van der Waals surface area contributed by atoms with Crippen LogP contribution >= 0.6 is 0 Å². The van der Waals surface area contributed by atoms with Gasteiger partial charge in [-0.2, -0.15) is 0 Å². The minimum Gasteiger partial charge on any atom is -0.481 e. The molecule has 1 aromatic rings. The molecule has 1 atom stereocenters. The van der Waals surface area contributed by atoms with Crippen LogP contribution in [0.5, 0.6) is 0 Å². The predicted molar refractivity (Wildman–Crippen MR) is 81.4 cm³/mol. The first-order chi connectivity index (χ1) is 10.0. The number of aliphatic carboxylic acids is 1. The number of carbonyl (C=O) groups excluding carboxylic acids is 1. The zero-order chi connectivity index (χ0) is 15.2. The van der Waals surface area contributed by atoms with E-state index >= 15 is 0 Å². The summed E-state index contributed by atoms with van der Waals surface area (Å²) in [4.78, 5) is 24.4. The average molecular weight is 288 g/mol. The lowest BCUT2D eigenvalue weighted by Gasteiger charge is -2.14. The molecule has 3 N–H and O–H groups in total. The van der Waals surface area contributed by atoms with Crippen molar-refractivity contribution in [3.8, 4) is 0 Å². The Morgan fingerprint density at radius 2 is 2.24 bits per heavy atom. The van der Waals surface area contributed by atoms with Crippen LogP contribution in [0.2, 0.25) is 0 Å². The maximum atomic E-state index is 12.1. The maximum Gasteiger partial charge on any atom is 0.303 e. The van der Waals surface area contributed by atoms with Crippen LogP contribution in [0, 0.1) is 5.92 Å². The van der Waals surface area contributed by atoms with Gasteiger partial charge in [-0.3, -0.25) is 9.59 Å². The Bertz CT molecular complexity index is 554. The molecule has 0 spiro atoms. The van der Waals surface area contributed by atoms with Crippen molar-refractivity contribution >= 4 is 23.6 Å². The summed E-state index contributed by atoms with van der Waals surface area (Å²) in [5.41, 5.74) is 7.25. The van der Waals surface area contributed by atoms with Gasteiger partial charge in [0.1, 0.15) is 0 Å². The molecule has 21 heavy (non-hydrogen) atoms. The Hall–Kier alpha value is -2.30. The van der Waals surface area contributed by atoms with Crippen LogP contribution in [0.1, 0.15) is 24.8 Å². The van der Waals surface area contributed by atoms with Gasteiger partial charge in [0.05, 0.1) is 0 Å². The average Bonchev–Trinajstić information content (AvgIpc) is 2.91. The van der Waals surface area contributed by atoms with Gasteiger partial charge in [-0.25, -0.2) is 0 Å². The van der Waals surface area contributed by atoms with E-state index in [-0.39, 0.29) is 12.3 Å². The molecule has 1 heterocycles. The minimum atomic E-state index is -0.777. The van der Waals surface area contributed by atoms with Crippen LogP contribution in [0.25, 0.3) is 6.08 Å². The molecule has 1 fully saturated rings. The quantitative estimate of drug-likeness (QED) is 0.641. The number of benzene rings is 1. The molecule has 0 saturated carbocycles. The molecule has 0 radical (unpaired) electrons. The second-order valence-electron chi connectivity index (χ2n) is 5.37. The molecule has 1 amide bonds. The Balaban J connectivity index is 1.85. The van der Waals surface area contributed by atoms with E-state index in [0.717, 1.165) is 12.0 Å². The Labute approximate surface area is 124 Å². The van der Waals surface area contributed by atoms with Gasteiger partial charge >= 0.3 is 5.97 Å². The van der Waals surface area contributed by atoms with E-state index in [0.29, 0.717) is 31.1 Å². The van der Waals surface area contributed by atoms with Crippen LogP contribution in [-0.4, -0.2) is 35.0 Å². The fourth-order valence-electron chi connectivity index (χ4n) is 2.53. The number of likely N-dealkylation sites (tertiary alicyclic amines) is 1. The molecular weight excluding hydrogens is 268 g/mol. The predicted octanol–water partition coefficient (Wildman–Crippen LogP) is 2.00. The lowest BCUT2D eigenvalue weighted by Crippen LogP contribution is -2.26. The van der Waals surface area contributed by atoms with Crippen molar-refractivity contribution in [3.63, 3.8) is 0 Å². The van der Waals surface area contributed by atoms with Crippen LogP contribution in [0.3, 0.4) is 0 Å².